The minimum absolute atomic E-state index is 0.0181. The molecule has 0 saturated heterocycles. The molecule has 0 amide bonds. The lowest BCUT2D eigenvalue weighted by Crippen LogP contribution is -2.25. The fourth-order valence-corrected chi connectivity index (χ4v) is 2.20. The Hall–Kier alpha value is -1.32. The van der Waals surface area contributed by atoms with Gasteiger partial charge in [-0.1, -0.05) is 0 Å². The summed E-state index contributed by atoms with van der Waals surface area (Å²) in [6.45, 7) is 2.93. The Morgan fingerprint density at radius 2 is 2.53 bits per heavy atom. The number of carbonyl (C=O) groups is 1. The van der Waals surface area contributed by atoms with Crippen LogP contribution in [-0.4, -0.2) is 22.9 Å². The molecule has 0 saturated carbocycles. The van der Waals surface area contributed by atoms with E-state index in [1.54, 1.807) is 0 Å². The van der Waals surface area contributed by atoms with Gasteiger partial charge < -0.3 is 4.74 Å². The molecule has 1 aromatic heterocycles. The Morgan fingerprint density at radius 1 is 1.73 bits per heavy atom. The van der Waals surface area contributed by atoms with Gasteiger partial charge in [0.15, 0.2) is 0 Å². The van der Waals surface area contributed by atoms with Crippen LogP contribution in [0.1, 0.15) is 24.6 Å². The van der Waals surface area contributed by atoms with E-state index in [0.717, 1.165) is 25.8 Å². The van der Waals surface area contributed by atoms with Crippen molar-refractivity contribution in [2.75, 3.05) is 7.11 Å². The van der Waals surface area contributed by atoms with Gasteiger partial charge in [-0.05, 0) is 25.3 Å². The molecule has 0 N–H and O–H groups in total. The van der Waals surface area contributed by atoms with Gasteiger partial charge in [0.05, 0.1) is 19.2 Å². The van der Waals surface area contributed by atoms with Crippen molar-refractivity contribution < 1.29 is 9.53 Å². The van der Waals surface area contributed by atoms with Crippen molar-refractivity contribution in [3.63, 3.8) is 0 Å². The number of nitrogens with zero attached hydrogens (tertiary/aromatic N) is 2. The molecule has 2 rings (SSSR count). The van der Waals surface area contributed by atoms with Crippen LogP contribution in [0.4, 0.5) is 0 Å². The second-order valence-electron chi connectivity index (χ2n) is 3.90. The Balaban J connectivity index is 2.20. The summed E-state index contributed by atoms with van der Waals surface area (Å²) in [5.41, 5.74) is 2.50. The zero-order valence-corrected chi connectivity index (χ0v) is 9.19. The highest BCUT2D eigenvalue weighted by molar-refractivity contribution is 5.73. The molecule has 0 aliphatic heterocycles. The fraction of sp³-hybridized carbons (Fsp3) is 0.636. The van der Waals surface area contributed by atoms with Gasteiger partial charge in [0, 0.05) is 18.7 Å². The predicted octanol–water partition coefficient (Wildman–Crippen LogP) is 1.18. The highest BCUT2D eigenvalue weighted by atomic mass is 16.5. The summed E-state index contributed by atoms with van der Waals surface area (Å²) < 4.78 is 6.76. The largest absolute Gasteiger partial charge is 0.469 e. The third-order valence-electron chi connectivity index (χ3n) is 3.07. The molecule has 82 valence electrons. The van der Waals surface area contributed by atoms with Crippen molar-refractivity contribution in [2.24, 2.45) is 5.92 Å². The molecule has 0 bridgehead atoms. The molecule has 1 heterocycles. The molecule has 1 aliphatic rings. The van der Waals surface area contributed by atoms with Crippen LogP contribution in [0.25, 0.3) is 0 Å². The van der Waals surface area contributed by atoms with Crippen molar-refractivity contribution in [1.82, 2.24) is 9.78 Å². The third kappa shape index (κ3) is 1.76. The smallest absolute Gasteiger partial charge is 0.309 e. The van der Waals surface area contributed by atoms with E-state index in [1.165, 1.54) is 18.4 Å². The summed E-state index contributed by atoms with van der Waals surface area (Å²) >= 11 is 0. The van der Waals surface area contributed by atoms with E-state index in [0.29, 0.717) is 0 Å². The van der Waals surface area contributed by atoms with Crippen molar-refractivity contribution >= 4 is 5.97 Å². The minimum Gasteiger partial charge on any atom is -0.469 e. The van der Waals surface area contributed by atoms with E-state index in [-0.39, 0.29) is 11.9 Å². The van der Waals surface area contributed by atoms with Crippen LogP contribution < -0.4 is 0 Å². The number of aromatic nitrogens is 2. The van der Waals surface area contributed by atoms with Crippen LogP contribution in [-0.2, 0) is 28.9 Å². The zero-order valence-electron chi connectivity index (χ0n) is 9.19. The van der Waals surface area contributed by atoms with E-state index in [2.05, 4.69) is 12.0 Å². The van der Waals surface area contributed by atoms with Crippen LogP contribution in [0.2, 0.25) is 0 Å². The van der Waals surface area contributed by atoms with Gasteiger partial charge in [0.2, 0.25) is 0 Å². The monoisotopic (exact) mass is 208 g/mol. The average molecular weight is 208 g/mol. The topological polar surface area (TPSA) is 44.1 Å². The number of fused-ring (bicyclic) bond motifs is 1. The lowest BCUT2D eigenvalue weighted by atomic mass is 9.88. The maximum atomic E-state index is 11.4. The fourth-order valence-electron chi connectivity index (χ4n) is 2.20. The number of aryl methyl sites for hydroxylation is 2. The van der Waals surface area contributed by atoms with Crippen molar-refractivity contribution in [3.05, 3.63) is 17.5 Å². The van der Waals surface area contributed by atoms with E-state index in [9.17, 15) is 4.79 Å². The Kier molecular flexibility index (Phi) is 2.75. The summed E-state index contributed by atoms with van der Waals surface area (Å²) in [5, 5.41) is 4.30. The quantitative estimate of drug-likeness (QED) is 0.685. The van der Waals surface area contributed by atoms with E-state index < -0.39 is 0 Å². The Labute approximate surface area is 89.2 Å². The number of rotatable bonds is 2. The molecular weight excluding hydrogens is 192 g/mol. The molecule has 0 aromatic carbocycles. The van der Waals surface area contributed by atoms with E-state index in [1.807, 2.05) is 10.9 Å². The summed E-state index contributed by atoms with van der Waals surface area (Å²) in [6, 6.07) is 0. The maximum absolute atomic E-state index is 11.4. The van der Waals surface area contributed by atoms with Crippen LogP contribution >= 0.6 is 0 Å². The van der Waals surface area contributed by atoms with Gasteiger partial charge in [0.1, 0.15) is 0 Å². The van der Waals surface area contributed by atoms with E-state index in [4.69, 9.17) is 4.74 Å². The maximum Gasteiger partial charge on any atom is 0.309 e. The van der Waals surface area contributed by atoms with Gasteiger partial charge in [0.25, 0.3) is 0 Å². The first-order chi connectivity index (χ1) is 7.26. The first kappa shape index (κ1) is 10.2. The van der Waals surface area contributed by atoms with Crippen LogP contribution in [0.3, 0.4) is 0 Å². The first-order valence-corrected chi connectivity index (χ1v) is 5.37. The van der Waals surface area contributed by atoms with Gasteiger partial charge in [-0.2, -0.15) is 5.10 Å². The molecule has 4 heteroatoms. The van der Waals surface area contributed by atoms with Crippen molar-refractivity contribution in [3.8, 4) is 0 Å². The number of methoxy groups -OCH3 is 1. The predicted molar refractivity (Wildman–Crippen MR) is 55.4 cm³/mol. The molecule has 0 radical (unpaired) electrons. The summed E-state index contributed by atoms with van der Waals surface area (Å²) in [4.78, 5) is 11.4. The lowest BCUT2D eigenvalue weighted by molar-refractivity contribution is -0.145. The molecule has 0 unspecified atom stereocenters. The Morgan fingerprint density at radius 3 is 3.20 bits per heavy atom. The van der Waals surface area contributed by atoms with Crippen molar-refractivity contribution in [1.29, 1.82) is 0 Å². The molecule has 1 aliphatic carbocycles. The molecule has 4 nitrogen and oxygen atoms in total. The molecule has 1 atom stereocenters. The van der Waals surface area contributed by atoms with Crippen LogP contribution in [0.15, 0.2) is 6.20 Å². The number of ether oxygens (including phenoxy) is 1. The second-order valence-corrected chi connectivity index (χ2v) is 3.90. The second kappa shape index (κ2) is 4.04. The normalized spacial score (nSPS) is 19.7. The zero-order chi connectivity index (χ0) is 10.8. The summed E-state index contributed by atoms with van der Waals surface area (Å²) in [6.07, 6.45) is 4.52. The third-order valence-corrected chi connectivity index (χ3v) is 3.07. The highest BCUT2D eigenvalue weighted by Crippen LogP contribution is 2.26. The van der Waals surface area contributed by atoms with Crippen molar-refractivity contribution in [2.45, 2.75) is 32.7 Å². The van der Waals surface area contributed by atoms with Gasteiger partial charge in [-0.25, -0.2) is 0 Å². The van der Waals surface area contributed by atoms with Gasteiger partial charge >= 0.3 is 5.97 Å². The number of hydrogen-bond donors (Lipinski definition) is 0. The SMILES string of the molecule is CCn1ncc2c1C[C@@H](C(=O)OC)CC2. The lowest BCUT2D eigenvalue weighted by Gasteiger charge is -2.20. The molecular formula is C11H16N2O2. The van der Waals surface area contributed by atoms with Gasteiger partial charge in [-0.15, -0.1) is 0 Å². The number of hydrogen-bond acceptors (Lipinski definition) is 3. The highest BCUT2D eigenvalue weighted by Gasteiger charge is 2.27. The number of esters is 1. The van der Waals surface area contributed by atoms with Crippen LogP contribution in [0, 0.1) is 5.92 Å². The first-order valence-electron chi connectivity index (χ1n) is 5.37. The van der Waals surface area contributed by atoms with Gasteiger partial charge in [-0.3, -0.25) is 9.48 Å². The minimum atomic E-state index is -0.0931. The standard InChI is InChI=1S/C11H16N2O2/c1-3-13-10-6-8(11(14)15-2)4-5-9(10)7-12-13/h7-8H,3-6H2,1-2H3/t8-/m0/s1. The molecule has 0 fully saturated rings. The summed E-state index contributed by atoms with van der Waals surface area (Å²) in [7, 11) is 1.45. The molecule has 15 heavy (non-hydrogen) atoms. The van der Waals surface area contributed by atoms with Crippen LogP contribution in [0.5, 0.6) is 0 Å². The molecule has 1 aromatic rings. The molecule has 0 spiro atoms. The van der Waals surface area contributed by atoms with E-state index >= 15 is 0 Å². The Bertz CT molecular complexity index is 357. The number of carbonyl (C=O) groups excluding carboxylic acids is 1. The summed E-state index contributed by atoms with van der Waals surface area (Å²) in [5.74, 6) is -0.0750. The average Bonchev–Trinajstić information content (AvgIpc) is 2.69.